The van der Waals surface area contributed by atoms with Crippen LogP contribution in [0, 0.1) is 0 Å². The molecule has 1 heterocycles. The fourth-order valence-corrected chi connectivity index (χ4v) is 1.78. The van der Waals surface area contributed by atoms with Crippen LogP contribution in [-0.4, -0.2) is 41.2 Å². The minimum absolute atomic E-state index is 0.0657. The second-order valence-electron chi connectivity index (χ2n) is 5.78. The highest BCUT2D eigenvalue weighted by atomic mass is 16.5. The Morgan fingerprint density at radius 1 is 1.25 bits per heavy atom. The van der Waals surface area contributed by atoms with Gasteiger partial charge in [-0.1, -0.05) is 12.1 Å². The smallest absolute Gasteiger partial charge is 0.130 e. The average molecular weight is 274 g/mol. The fraction of sp³-hybridized carbons (Fsp3) is 0.438. The molecule has 0 saturated heterocycles. The Hall–Kier alpha value is -1.65. The maximum absolute atomic E-state index is 9.31. The topological polar surface area (TPSA) is 45.6 Å². The molecule has 108 valence electrons. The number of hydrogen-bond acceptors (Lipinski definition) is 4. The molecule has 0 radical (unpaired) electrons. The first-order valence-electron chi connectivity index (χ1n) is 6.74. The van der Waals surface area contributed by atoms with Crippen molar-refractivity contribution >= 4 is 10.9 Å². The number of fused-ring (bicyclic) bond motifs is 1. The molecule has 0 amide bonds. The van der Waals surface area contributed by atoms with E-state index in [-0.39, 0.29) is 12.1 Å². The first-order valence-corrected chi connectivity index (χ1v) is 6.74. The summed E-state index contributed by atoms with van der Waals surface area (Å²) < 4.78 is 6.00. The van der Waals surface area contributed by atoms with Crippen molar-refractivity contribution in [3.63, 3.8) is 0 Å². The van der Waals surface area contributed by atoms with Gasteiger partial charge < -0.3 is 14.7 Å². The Kier molecular flexibility index (Phi) is 4.26. The fourth-order valence-electron chi connectivity index (χ4n) is 1.78. The molecule has 2 rings (SSSR count). The van der Waals surface area contributed by atoms with E-state index in [0.717, 1.165) is 16.7 Å². The molecule has 4 nitrogen and oxygen atoms in total. The van der Waals surface area contributed by atoms with E-state index in [1.807, 2.05) is 44.4 Å². The number of nitrogens with zero attached hydrogens (tertiary/aromatic N) is 2. The van der Waals surface area contributed by atoms with Crippen LogP contribution in [0.1, 0.15) is 19.5 Å². The SMILES string of the molecule is CN(C)C(C)(C)COc1cc(CO)nc2ccccc12. The maximum atomic E-state index is 9.31. The van der Waals surface area contributed by atoms with Crippen LogP contribution < -0.4 is 4.74 Å². The van der Waals surface area contributed by atoms with Crippen LogP contribution in [0.15, 0.2) is 30.3 Å². The van der Waals surface area contributed by atoms with Gasteiger partial charge in [0.2, 0.25) is 0 Å². The minimum Gasteiger partial charge on any atom is -0.491 e. The van der Waals surface area contributed by atoms with Crippen LogP contribution in [-0.2, 0) is 6.61 Å². The highest BCUT2D eigenvalue weighted by Crippen LogP contribution is 2.26. The van der Waals surface area contributed by atoms with Gasteiger partial charge in [-0.25, -0.2) is 0 Å². The third-order valence-corrected chi connectivity index (χ3v) is 3.68. The summed E-state index contributed by atoms with van der Waals surface area (Å²) in [4.78, 5) is 6.52. The van der Waals surface area contributed by atoms with Gasteiger partial charge in [0.1, 0.15) is 12.4 Å². The number of likely N-dealkylation sites (N-methyl/N-ethyl adjacent to an activating group) is 1. The van der Waals surface area contributed by atoms with Crippen molar-refractivity contribution in [1.82, 2.24) is 9.88 Å². The van der Waals surface area contributed by atoms with E-state index in [1.165, 1.54) is 0 Å². The Bertz CT molecular complexity index is 594. The van der Waals surface area contributed by atoms with Gasteiger partial charge in [-0.2, -0.15) is 0 Å². The highest BCUT2D eigenvalue weighted by molar-refractivity contribution is 5.85. The molecule has 0 spiro atoms. The third-order valence-electron chi connectivity index (χ3n) is 3.68. The van der Waals surface area contributed by atoms with E-state index in [1.54, 1.807) is 0 Å². The summed E-state index contributed by atoms with van der Waals surface area (Å²) in [6, 6.07) is 9.63. The van der Waals surface area contributed by atoms with Crippen LogP contribution in [0.2, 0.25) is 0 Å². The molecule has 0 bridgehead atoms. The lowest BCUT2D eigenvalue weighted by Crippen LogP contribution is -2.43. The van der Waals surface area contributed by atoms with Crippen molar-refractivity contribution in [3.05, 3.63) is 36.0 Å². The lowest BCUT2D eigenvalue weighted by Gasteiger charge is -2.32. The van der Waals surface area contributed by atoms with Crippen LogP contribution in [0.25, 0.3) is 10.9 Å². The highest BCUT2D eigenvalue weighted by Gasteiger charge is 2.22. The molecule has 0 unspecified atom stereocenters. The van der Waals surface area contributed by atoms with Gasteiger partial charge in [0, 0.05) is 17.0 Å². The minimum atomic E-state index is -0.0851. The molecule has 4 heteroatoms. The molecule has 20 heavy (non-hydrogen) atoms. The van der Waals surface area contributed by atoms with E-state index in [0.29, 0.717) is 12.3 Å². The van der Waals surface area contributed by atoms with Crippen molar-refractivity contribution in [1.29, 1.82) is 0 Å². The van der Waals surface area contributed by atoms with Gasteiger partial charge >= 0.3 is 0 Å². The molecule has 0 aliphatic heterocycles. The Morgan fingerprint density at radius 2 is 1.95 bits per heavy atom. The number of rotatable bonds is 5. The standard InChI is InChI=1S/C16H22N2O2/c1-16(2,18(3)4)11-20-15-9-12(10-19)17-14-8-6-5-7-13(14)15/h5-9,19H,10-11H2,1-4H3. The van der Waals surface area contributed by atoms with Crippen molar-refractivity contribution in [2.75, 3.05) is 20.7 Å². The number of aliphatic hydroxyl groups is 1. The molecule has 2 aromatic rings. The van der Waals surface area contributed by atoms with Gasteiger partial charge in [0.25, 0.3) is 0 Å². The van der Waals surface area contributed by atoms with Crippen molar-refractivity contribution in [3.8, 4) is 5.75 Å². The largest absolute Gasteiger partial charge is 0.491 e. The summed E-state index contributed by atoms with van der Waals surface area (Å²) in [5.41, 5.74) is 1.40. The molecule has 0 aliphatic carbocycles. The van der Waals surface area contributed by atoms with Gasteiger partial charge in [0.05, 0.1) is 17.8 Å². The summed E-state index contributed by atoms with van der Waals surface area (Å²) >= 11 is 0. The summed E-state index contributed by atoms with van der Waals surface area (Å²) in [6.45, 7) is 4.74. The van der Waals surface area contributed by atoms with Crippen LogP contribution in [0.5, 0.6) is 5.75 Å². The van der Waals surface area contributed by atoms with E-state index >= 15 is 0 Å². The van der Waals surface area contributed by atoms with Crippen molar-refractivity contribution in [2.24, 2.45) is 0 Å². The number of benzene rings is 1. The van der Waals surface area contributed by atoms with Gasteiger partial charge in [0.15, 0.2) is 0 Å². The molecule has 0 saturated carbocycles. The Balaban J connectivity index is 2.33. The van der Waals surface area contributed by atoms with Gasteiger partial charge in [-0.15, -0.1) is 0 Å². The molecular formula is C16H22N2O2. The summed E-state index contributed by atoms with van der Waals surface area (Å²) in [6.07, 6.45) is 0. The van der Waals surface area contributed by atoms with E-state index in [2.05, 4.69) is 23.7 Å². The van der Waals surface area contributed by atoms with E-state index < -0.39 is 0 Å². The third kappa shape index (κ3) is 3.08. The second-order valence-corrected chi connectivity index (χ2v) is 5.78. The molecule has 1 aromatic heterocycles. The molecule has 1 N–H and O–H groups in total. The zero-order valence-corrected chi connectivity index (χ0v) is 12.6. The number of hydrogen-bond donors (Lipinski definition) is 1. The molecular weight excluding hydrogens is 252 g/mol. The quantitative estimate of drug-likeness (QED) is 0.909. The first-order chi connectivity index (χ1) is 9.44. The van der Waals surface area contributed by atoms with Crippen LogP contribution in [0.4, 0.5) is 0 Å². The predicted molar refractivity (Wildman–Crippen MR) is 80.9 cm³/mol. The zero-order valence-electron chi connectivity index (χ0n) is 12.6. The Morgan fingerprint density at radius 3 is 2.60 bits per heavy atom. The van der Waals surface area contributed by atoms with Gasteiger partial charge in [-0.3, -0.25) is 4.98 Å². The molecule has 1 aromatic carbocycles. The molecule has 0 atom stereocenters. The predicted octanol–water partition coefficient (Wildman–Crippen LogP) is 2.45. The van der Waals surface area contributed by atoms with Crippen molar-refractivity contribution in [2.45, 2.75) is 26.0 Å². The number of aliphatic hydroxyl groups excluding tert-OH is 1. The summed E-state index contributed by atoms with van der Waals surface area (Å²) in [5.74, 6) is 0.773. The molecule has 0 fully saturated rings. The zero-order chi connectivity index (χ0) is 14.8. The normalized spacial score (nSPS) is 12.1. The summed E-state index contributed by atoms with van der Waals surface area (Å²) in [7, 11) is 4.07. The van der Waals surface area contributed by atoms with Gasteiger partial charge in [-0.05, 0) is 40.1 Å². The maximum Gasteiger partial charge on any atom is 0.130 e. The monoisotopic (exact) mass is 274 g/mol. The Labute approximate surface area is 120 Å². The number of pyridine rings is 1. The molecule has 0 aliphatic rings. The number of para-hydroxylation sites is 1. The van der Waals surface area contributed by atoms with Crippen molar-refractivity contribution < 1.29 is 9.84 Å². The van der Waals surface area contributed by atoms with E-state index in [9.17, 15) is 5.11 Å². The van der Waals surface area contributed by atoms with E-state index in [4.69, 9.17) is 4.74 Å². The summed E-state index contributed by atoms with van der Waals surface area (Å²) in [5, 5.41) is 10.3. The van der Waals surface area contributed by atoms with Crippen LogP contribution >= 0.6 is 0 Å². The lowest BCUT2D eigenvalue weighted by molar-refractivity contribution is 0.115. The lowest BCUT2D eigenvalue weighted by atomic mass is 10.1. The number of ether oxygens (including phenoxy) is 1. The average Bonchev–Trinajstić information content (AvgIpc) is 2.44. The van der Waals surface area contributed by atoms with Crippen LogP contribution in [0.3, 0.4) is 0 Å². The second kappa shape index (κ2) is 5.77. The number of aromatic nitrogens is 1. The first kappa shape index (κ1) is 14.8.